The van der Waals surface area contributed by atoms with Gasteiger partial charge in [0.15, 0.2) is 10.8 Å². The highest BCUT2D eigenvalue weighted by atomic mass is 35.5. The highest BCUT2D eigenvalue weighted by Crippen LogP contribution is 2.28. The Morgan fingerprint density at radius 1 is 1.31 bits per heavy atom. The lowest BCUT2D eigenvalue weighted by molar-refractivity contribution is -0.116. The lowest BCUT2D eigenvalue weighted by atomic mass is 10.3. The van der Waals surface area contributed by atoms with Gasteiger partial charge < -0.3 is 10.2 Å². The Kier molecular flexibility index (Phi) is 5.13. The number of amides is 1. The van der Waals surface area contributed by atoms with Gasteiger partial charge in [-0.3, -0.25) is 18.7 Å². The molecule has 152 valence electrons. The molecule has 4 rings (SSSR count). The van der Waals surface area contributed by atoms with Gasteiger partial charge in [-0.25, -0.2) is 14.2 Å². The van der Waals surface area contributed by atoms with E-state index >= 15 is 0 Å². The van der Waals surface area contributed by atoms with Crippen LogP contribution in [-0.4, -0.2) is 33.1 Å². The molecular weight excluding hydrogens is 421 g/mol. The maximum absolute atomic E-state index is 13.4. The van der Waals surface area contributed by atoms with Gasteiger partial charge in [0, 0.05) is 20.1 Å². The first-order valence-corrected chi connectivity index (χ1v) is 10.1. The van der Waals surface area contributed by atoms with Crippen LogP contribution in [0, 0.1) is 5.82 Å². The number of hydrogen-bond donors (Lipinski definition) is 1. The van der Waals surface area contributed by atoms with Crippen molar-refractivity contribution in [3.8, 4) is 0 Å². The fraction of sp³-hybridized carbons (Fsp3) is 0.333. The average Bonchev–Trinajstić information content (AvgIpc) is 3.36. The zero-order valence-corrected chi connectivity index (χ0v) is 17.0. The van der Waals surface area contributed by atoms with Crippen LogP contribution in [0.4, 0.5) is 15.2 Å². The first-order chi connectivity index (χ1) is 13.8. The van der Waals surface area contributed by atoms with Crippen LogP contribution in [0.15, 0.2) is 27.8 Å². The van der Waals surface area contributed by atoms with Gasteiger partial charge in [-0.15, -0.1) is 0 Å². The number of halogens is 2. The Morgan fingerprint density at radius 3 is 2.76 bits per heavy atom. The molecule has 1 saturated heterocycles. The number of fused-ring (bicyclic) bond motifs is 1. The van der Waals surface area contributed by atoms with Crippen molar-refractivity contribution in [2.24, 2.45) is 7.05 Å². The van der Waals surface area contributed by atoms with E-state index in [1.54, 1.807) is 0 Å². The minimum atomic E-state index is -0.652. The van der Waals surface area contributed by atoms with Crippen molar-refractivity contribution < 1.29 is 9.18 Å². The fourth-order valence-electron chi connectivity index (χ4n) is 3.25. The molecule has 1 fully saturated rings. The minimum absolute atomic E-state index is 0.0989. The number of nitrogens with zero attached hydrogens (tertiary/aromatic N) is 4. The number of rotatable bonds is 4. The molecule has 29 heavy (non-hydrogen) atoms. The first kappa shape index (κ1) is 19.6. The molecule has 0 radical (unpaired) electrons. The number of nitrogens with one attached hydrogen (secondary N) is 1. The van der Waals surface area contributed by atoms with E-state index in [1.165, 1.54) is 30.5 Å². The van der Waals surface area contributed by atoms with E-state index in [2.05, 4.69) is 15.2 Å². The quantitative estimate of drug-likeness (QED) is 0.675. The molecule has 0 bridgehead atoms. The van der Waals surface area contributed by atoms with Crippen molar-refractivity contribution in [1.82, 2.24) is 14.1 Å². The van der Waals surface area contributed by atoms with Crippen LogP contribution in [0.5, 0.6) is 0 Å². The second-order valence-electron chi connectivity index (χ2n) is 6.75. The molecule has 1 aromatic carbocycles. The van der Waals surface area contributed by atoms with E-state index in [-0.39, 0.29) is 22.9 Å². The second-order valence-corrected chi connectivity index (χ2v) is 8.13. The van der Waals surface area contributed by atoms with Gasteiger partial charge in [-0.1, -0.05) is 22.9 Å². The van der Waals surface area contributed by atoms with E-state index in [0.717, 1.165) is 41.1 Å². The van der Waals surface area contributed by atoms with Gasteiger partial charge in [-0.2, -0.15) is 0 Å². The van der Waals surface area contributed by atoms with E-state index in [9.17, 15) is 18.8 Å². The molecule has 8 nitrogen and oxygen atoms in total. The zero-order valence-electron chi connectivity index (χ0n) is 15.4. The lowest BCUT2D eigenvalue weighted by Gasteiger charge is -2.12. The lowest BCUT2D eigenvalue weighted by Crippen LogP contribution is -2.39. The van der Waals surface area contributed by atoms with Crippen LogP contribution in [0.3, 0.4) is 0 Å². The zero-order chi connectivity index (χ0) is 20.7. The van der Waals surface area contributed by atoms with Crippen LogP contribution >= 0.6 is 22.9 Å². The summed E-state index contributed by atoms with van der Waals surface area (Å²) in [5.41, 5.74) is -0.827. The summed E-state index contributed by atoms with van der Waals surface area (Å²) in [7, 11) is 1.36. The summed E-state index contributed by atoms with van der Waals surface area (Å²) in [6.07, 6.45) is 2.08. The molecule has 1 aliphatic rings. The molecule has 0 aliphatic carbocycles. The van der Waals surface area contributed by atoms with Crippen molar-refractivity contribution >= 4 is 50.0 Å². The van der Waals surface area contributed by atoms with Gasteiger partial charge >= 0.3 is 5.69 Å². The second kappa shape index (κ2) is 7.60. The molecule has 0 unspecified atom stereocenters. The minimum Gasteiger partial charge on any atom is -0.348 e. The van der Waals surface area contributed by atoms with Crippen molar-refractivity contribution in [3.63, 3.8) is 0 Å². The van der Waals surface area contributed by atoms with Crippen LogP contribution in [0.2, 0.25) is 5.02 Å². The summed E-state index contributed by atoms with van der Waals surface area (Å²) < 4.78 is 15.8. The summed E-state index contributed by atoms with van der Waals surface area (Å²) in [5, 5.41) is 3.32. The molecule has 3 heterocycles. The molecular formula is C18H17ClFN5O3S. The van der Waals surface area contributed by atoms with Gasteiger partial charge in [0.1, 0.15) is 17.1 Å². The predicted octanol–water partition coefficient (Wildman–Crippen LogP) is 2.19. The normalized spacial score (nSPS) is 14.0. The third kappa shape index (κ3) is 3.65. The van der Waals surface area contributed by atoms with E-state index in [0.29, 0.717) is 9.83 Å². The van der Waals surface area contributed by atoms with Gasteiger partial charge in [0.25, 0.3) is 5.56 Å². The number of hydrogen-bond acceptors (Lipinski definition) is 6. The van der Waals surface area contributed by atoms with E-state index < -0.39 is 23.0 Å². The van der Waals surface area contributed by atoms with Crippen molar-refractivity contribution in [2.45, 2.75) is 19.4 Å². The Bertz CT molecular complexity index is 1230. The summed E-state index contributed by atoms with van der Waals surface area (Å²) in [4.78, 5) is 44.2. The van der Waals surface area contributed by atoms with Crippen molar-refractivity contribution in [3.05, 3.63) is 49.9 Å². The third-order valence-corrected chi connectivity index (χ3v) is 6.17. The monoisotopic (exact) mass is 437 g/mol. The predicted molar refractivity (Wildman–Crippen MR) is 111 cm³/mol. The number of benzene rings is 1. The molecule has 2 aromatic heterocycles. The van der Waals surface area contributed by atoms with E-state index in [4.69, 9.17) is 11.6 Å². The maximum Gasteiger partial charge on any atom is 0.332 e. The number of aromatic nitrogens is 3. The van der Waals surface area contributed by atoms with Gasteiger partial charge in [0.05, 0.1) is 10.7 Å². The van der Waals surface area contributed by atoms with Crippen LogP contribution in [-0.2, 0) is 18.4 Å². The Morgan fingerprint density at radius 2 is 2.03 bits per heavy atom. The largest absolute Gasteiger partial charge is 0.348 e. The van der Waals surface area contributed by atoms with Crippen LogP contribution < -0.4 is 21.5 Å². The third-order valence-electron chi connectivity index (χ3n) is 4.75. The molecule has 11 heteroatoms. The topological polar surface area (TPSA) is 89.2 Å². The van der Waals surface area contributed by atoms with Crippen LogP contribution in [0.1, 0.15) is 12.8 Å². The fourth-order valence-corrected chi connectivity index (χ4v) is 4.51. The van der Waals surface area contributed by atoms with Gasteiger partial charge in [-0.05, 0) is 31.0 Å². The highest BCUT2D eigenvalue weighted by Gasteiger charge is 2.22. The van der Waals surface area contributed by atoms with Crippen LogP contribution in [0.25, 0.3) is 10.3 Å². The smallest absolute Gasteiger partial charge is 0.332 e. The summed E-state index contributed by atoms with van der Waals surface area (Å²) >= 11 is 7.19. The SMILES string of the molecule is Cn1c(=O)c2sc(N3CCCC3)nc2n(CC(=O)Nc2cc(F)ccc2Cl)c1=O. The number of thiazole rings is 1. The number of anilines is 2. The Labute approximate surface area is 173 Å². The molecule has 0 atom stereocenters. The first-order valence-electron chi connectivity index (χ1n) is 8.95. The summed E-state index contributed by atoms with van der Waals surface area (Å²) in [6.45, 7) is 1.28. The number of carbonyl (C=O) groups excluding carboxylic acids is 1. The average molecular weight is 438 g/mol. The molecule has 1 amide bonds. The van der Waals surface area contributed by atoms with Crippen molar-refractivity contribution in [2.75, 3.05) is 23.3 Å². The number of carbonyl (C=O) groups is 1. The summed E-state index contributed by atoms with van der Waals surface area (Å²) in [5.74, 6) is -1.14. The maximum atomic E-state index is 13.4. The highest BCUT2D eigenvalue weighted by molar-refractivity contribution is 7.22. The Hall–Kier alpha value is -2.72. The molecule has 1 N–H and O–H groups in total. The molecule has 3 aromatic rings. The van der Waals surface area contributed by atoms with E-state index in [1.807, 2.05) is 0 Å². The Balaban J connectivity index is 1.72. The molecule has 0 saturated carbocycles. The standard InChI is InChI=1S/C18H17ClFN5O3S/c1-23-16(27)14-15(22-17(29-14)24-6-2-3-7-24)25(18(23)28)9-13(26)21-12-8-10(20)4-5-11(12)19/h4-5,8H,2-3,6-7,9H2,1H3,(H,21,26). The van der Waals surface area contributed by atoms with Gasteiger partial charge in [0.2, 0.25) is 5.91 Å². The molecule has 1 aliphatic heterocycles. The van der Waals surface area contributed by atoms with Crippen molar-refractivity contribution in [1.29, 1.82) is 0 Å². The molecule has 0 spiro atoms. The summed E-state index contributed by atoms with van der Waals surface area (Å²) in [6, 6.07) is 3.59.